The van der Waals surface area contributed by atoms with E-state index in [0.29, 0.717) is 24.0 Å². The van der Waals surface area contributed by atoms with Crippen molar-refractivity contribution in [3.05, 3.63) is 23.3 Å². The van der Waals surface area contributed by atoms with Gasteiger partial charge >= 0.3 is 0 Å². The van der Waals surface area contributed by atoms with Gasteiger partial charge in [0.1, 0.15) is 5.75 Å². The molecule has 6 heteroatoms. The van der Waals surface area contributed by atoms with E-state index in [2.05, 4.69) is 0 Å². The summed E-state index contributed by atoms with van der Waals surface area (Å²) in [6.07, 6.45) is 2.86. The summed E-state index contributed by atoms with van der Waals surface area (Å²) < 4.78 is 38.9. The van der Waals surface area contributed by atoms with E-state index < -0.39 is 10.0 Å². The van der Waals surface area contributed by atoms with E-state index >= 15 is 0 Å². The molecule has 0 amide bonds. The highest BCUT2D eigenvalue weighted by atomic mass is 32.2. The lowest BCUT2D eigenvalue weighted by atomic mass is 10.1. The Labute approximate surface area is 138 Å². The average molecular weight is 339 g/mol. The van der Waals surface area contributed by atoms with Crippen LogP contribution >= 0.6 is 0 Å². The van der Waals surface area contributed by atoms with E-state index in [1.165, 1.54) is 0 Å². The standard InChI is InChI=1S/C17H25NO4S/c1-12-9-17(13(2)8-16(12)21-3)23(19,20)18(15-4-5-15)10-14-6-7-22-11-14/h8-9,14-15H,4-7,10-11H2,1-3H3. The fourth-order valence-corrected chi connectivity index (χ4v) is 5.23. The first-order valence-electron chi connectivity index (χ1n) is 8.18. The Morgan fingerprint density at radius 1 is 1.22 bits per heavy atom. The van der Waals surface area contributed by atoms with Crippen LogP contribution in [0.1, 0.15) is 30.4 Å². The van der Waals surface area contributed by atoms with Crippen LogP contribution in [0.2, 0.25) is 0 Å². The first kappa shape index (κ1) is 16.7. The lowest BCUT2D eigenvalue weighted by Crippen LogP contribution is -2.37. The van der Waals surface area contributed by atoms with Gasteiger partial charge in [-0.25, -0.2) is 8.42 Å². The van der Waals surface area contributed by atoms with Crippen LogP contribution in [-0.2, 0) is 14.8 Å². The summed E-state index contributed by atoms with van der Waals surface area (Å²) in [5.41, 5.74) is 1.58. The van der Waals surface area contributed by atoms with Crippen LogP contribution < -0.4 is 4.74 Å². The molecule has 2 fully saturated rings. The third-order valence-corrected chi connectivity index (χ3v) is 6.76. The van der Waals surface area contributed by atoms with E-state index in [4.69, 9.17) is 9.47 Å². The number of hydrogen-bond donors (Lipinski definition) is 0. The molecule has 1 saturated carbocycles. The molecule has 1 aliphatic heterocycles. The van der Waals surface area contributed by atoms with E-state index in [-0.39, 0.29) is 6.04 Å². The lowest BCUT2D eigenvalue weighted by Gasteiger charge is -2.25. The summed E-state index contributed by atoms with van der Waals surface area (Å²) in [5.74, 6) is 1.04. The van der Waals surface area contributed by atoms with Crippen molar-refractivity contribution in [1.29, 1.82) is 0 Å². The molecule has 128 valence electrons. The molecule has 0 aromatic heterocycles. The Balaban J connectivity index is 1.93. The van der Waals surface area contributed by atoms with Gasteiger partial charge in [-0.05, 0) is 62.3 Å². The highest BCUT2D eigenvalue weighted by Crippen LogP contribution is 2.36. The van der Waals surface area contributed by atoms with Crippen LogP contribution in [-0.4, -0.2) is 45.6 Å². The number of sulfonamides is 1. The van der Waals surface area contributed by atoms with E-state index in [1.807, 2.05) is 19.9 Å². The molecule has 0 radical (unpaired) electrons. The number of ether oxygens (including phenoxy) is 2. The molecule has 1 aromatic carbocycles. The molecule has 1 heterocycles. The van der Waals surface area contributed by atoms with Crippen molar-refractivity contribution in [3.8, 4) is 5.75 Å². The maximum atomic E-state index is 13.2. The SMILES string of the molecule is COc1cc(C)c(S(=O)(=O)N(CC2CCOC2)C2CC2)cc1C. The molecule has 1 atom stereocenters. The smallest absolute Gasteiger partial charge is 0.243 e. The third kappa shape index (κ3) is 3.39. The van der Waals surface area contributed by atoms with Crippen LogP contribution in [0.15, 0.2) is 17.0 Å². The number of nitrogens with zero attached hydrogens (tertiary/aromatic N) is 1. The zero-order valence-corrected chi connectivity index (χ0v) is 14.9. The Morgan fingerprint density at radius 2 is 1.96 bits per heavy atom. The van der Waals surface area contributed by atoms with Crippen LogP contribution in [0.3, 0.4) is 0 Å². The zero-order chi connectivity index (χ0) is 16.6. The van der Waals surface area contributed by atoms with Gasteiger partial charge in [-0.15, -0.1) is 0 Å². The number of hydrogen-bond acceptors (Lipinski definition) is 4. The predicted molar refractivity (Wildman–Crippen MR) is 88.3 cm³/mol. The molecule has 0 bridgehead atoms. The lowest BCUT2D eigenvalue weighted by molar-refractivity contribution is 0.180. The minimum Gasteiger partial charge on any atom is -0.496 e. The minimum atomic E-state index is -3.48. The quantitative estimate of drug-likeness (QED) is 0.799. The monoisotopic (exact) mass is 339 g/mol. The predicted octanol–water partition coefficient (Wildman–Crippen LogP) is 2.50. The van der Waals surface area contributed by atoms with Crippen molar-refractivity contribution in [1.82, 2.24) is 4.31 Å². The van der Waals surface area contributed by atoms with Crippen LogP contribution in [0, 0.1) is 19.8 Å². The molecule has 1 aliphatic carbocycles. The van der Waals surface area contributed by atoms with Gasteiger partial charge in [-0.1, -0.05) is 0 Å². The second-order valence-electron chi connectivity index (χ2n) is 6.62. The zero-order valence-electron chi connectivity index (χ0n) is 14.0. The van der Waals surface area contributed by atoms with E-state index in [0.717, 1.165) is 42.7 Å². The maximum Gasteiger partial charge on any atom is 0.243 e. The van der Waals surface area contributed by atoms with E-state index in [1.54, 1.807) is 17.5 Å². The van der Waals surface area contributed by atoms with Crippen molar-refractivity contribution in [2.75, 3.05) is 26.9 Å². The average Bonchev–Trinajstić information content (AvgIpc) is 3.22. The molecular weight excluding hydrogens is 314 g/mol. The normalized spacial score (nSPS) is 21.8. The number of methoxy groups -OCH3 is 1. The number of benzene rings is 1. The summed E-state index contributed by atoms with van der Waals surface area (Å²) in [7, 11) is -1.88. The van der Waals surface area contributed by atoms with Gasteiger partial charge in [0, 0.05) is 19.2 Å². The van der Waals surface area contributed by atoms with Crippen molar-refractivity contribution in [2.45, 2.75) is 44.0 Å². The maximum absolute atomic E-state index is 13.2. The molecule has 1 saturated heterocycles. The fraction of sp³-hybridized carbons (Fsp3) is 0.647. The molecule has 2 aliphatic rings. The Morgan fingerprint density at radius 3 is 2.52 bits per heavy atom. The fourth-order valence-electron chi connectivity index (χ4n) is 3.18. The van der Waals surface area contributed by atoms with Crippen molar-refractivity contribution < 1.29 is 17.9 Å². The summed E-state index contributed by atoms with van der Waals surface area (Å²) in [6, 6.07) is 3.71. The first-order valence-corrected chi connectivity index (χ1v) is 9.62. The van der Waals surface area contributed by atoms with Crippen LogP contribution in [0.4, 0.5) is 0 Å². The van der Waals surface area contributed by atoms with Crippen LogP contribution in [0.5, 0.6) is 5.75 Å². The molecule has 3 rings (SSSR count). The number of rotatable bonds is 6. The van der Waals surface area contributed by atoms with Gasteiger partial charge in [0.05, 0.1) is 18.6 Å². The van der Waals surface area contributed by atoms with Gasteiger partial charge in [-0.2, -0.15) is 4.31 Å². The number of aryl methyl sites for hydroxylation is 2. The Kier molecular flexibility index (Phi) is 4.67. The Hall–Kier alpha value is -1.11. The summed E-state index contributed by atoms with van der Waals surface area (Å²) in [4.78, 5) is 0.404. The van der Waals surface area contributed by atoms with Gasteiger partial charge in [0.25, 0.3) is 0 Å². The van der Waals surface area contributed by atoms with Gasteiger partial charge in [0.15, 0.2) is 0 Å². The van der Waals surface area contributed by atoms with Gasteiger partial charge < -0.3 is 9.47 Å². The second-order valence-corrected chi connectivity index (χ2v) is 8.48. The van der Waals surface area contributed by atoms with Gasteiger partial charge in [0.2, 0.25) is 10.0 Å². The minimum absolute atomic E-state index is 0.155. The first-order chi connectivity index (χ1) is 10.9. The van der Waals surface area contributed by atoms with Crippen molar-refractivity contribution >= 4 is 10.0 Å². The van der Waals surface area contributed by atoms with E-state index in [9.17, 15) is 8.42 Å². The summed E-state index contributed by atoms with van der Waals surface area (Å²) in [6.45, 7) is 5.68. The summed E-state index contributed by atoms with van der Waals surface area (Å²) in [5, 5.41) is 0. The molecule has 0 N–H and O–H groups in total. The molecule has 0 spiro atoms. The molecule has 1 aromatic rings. The highest BCUT2D eigenvalue weighted by Gasteiger charge is 2.40. The van der Waals surface area contributed by atoms with Crippen molar-refractivity contribution in [2.24, 2.45) is 5.92 Å². The molecule has 1 unspecified atom stereocenters. The van der Waals surface area contributed by atoms with Crippen molar-refractivity contribution in [3.63, 3.8) is 0 Å². The largest absolute Gasteiger partial charge is 0.496 e. The molecule has 5 nitrogen and oxygen atoms in total. The third-order valence-electron chi connectivity index (χ3n) is 4.70. The molecule has 23 heavy (non-hydrogen) atoms. The summed E-state index contributed by atoms with van der Waals surface area (Å²) >= 11 is 0. The van der Waals surface area contributed by atoms with Crippen LogP contribution in [0.25, 0.3) is 0 Å². The second kappa shape index (κ2) is 6.42. The molecular formula is C17H25NO4S. The van der Waals surface area contributed by atoms with Gasteiger partial charge in [-0.3, -0.25) is 0 Å². The highest BCUT2D eigenvalue weighted by molar-refractivity contribution is 7.89. The Bertz CT molecular complexity index is 676. The topological polar surface area (TPSA) is 55.8 Å².